The first kappa shape index (κ1) is 10.1. The Kier molecular flexibility index (Phi) is 2.94. The molecule has 0 aliphatic carbocycles. The van der Waals surface area contributed by atoms with Crippen LogP contribution in [0.2, 0.25) is 0 Å². The van der Waals surface area contributed by atoms with Crippen molar-refractivity contribution in [3.05, 3.63) is 18.5 Å². The van der Waals surface area contributed by atoms with Crippen molar-refractivity contribution in [2.24, 2.45) is 5.92 Å². The van der Waals surface area contributed by atoms with E-state index in [1.54, 1.807) is 12.4 Å². The first-order valence-electron chi connectivity index (χ1n) is 5.34. The zero-order valence-electron chi connectivity index (χ0n) is 8.98. The van der Waals surface area contributed by atoms with Crippen LogP contribution in [0.3, 0.4) is 0 Å². The van der Waals surface area contributed by atoms with Gasteiger partial charge in [-0.05, 0) is 31.7 Å². The third kappa shape index (κ3) is 2.32. The van der Waals surface area contributed by atoms with Crippen molar-refractivity contribution in [1.82, 2.24) is 9.97 Å². The number of piperidine rings is 1. The van der Waals surface area contributed by atoms with Crippen molar-refractivity contribution in [2.45, 2.75) is 19.8 Å². The largest absolute Gasteiger partial charge is 0.341 e. The first-order chi connectivity index (χ1) is 7.27. The van der Waals surface area contributed by atoms with E-state index in [9.17, 15) is 0 Å². The monoisotopic (exact) mass is 204 g/mol. The molecule has 1 aliphatic heterocycles. The summed E-state index contributed by atoms with van der Waals surface area (Å²) >= 11 is 0. The normalized spacial score (nSPS) is 17.8. The van der Waals surface area contributed by atoms with E-state index in [-0.39, 0.29) is 0 Å². The summed E-state index contributed by atoms with van der Waals surface area (Å²) in [7, 11) is 0. The highest BCUT2D eigenvalue weighted by molar-refractivity contribution is 5.81. The molecule has 0 bridgehead atoms. The lowest BCUT2D eigenvalue weighted by Gasteiger charge is -2.31. The topological polar surface area (TPSA) is 52.9 Å². The molecular formula is C11H16N4. The Balaban J connectivity index is 1.97. The minimum Gasteiger partial charge on any atom is -0.341 e. The second-order valence-corrected chi connectivity index (χ2v) is 3.99. The molecule has 1 saturated heterocycles. The lowest BCUT2D eigenvalue weighted by atomic mass is 9.93. The maximum absolute atomic E-state index is 7.61. The molecule has 0 aromatic carbocycles. The summed E-state index contributed by atoms with van der Waals surface area (Å²) in [4.78, 5) is 10.7. The second-order valence-electron chi connectivity index (χ2n) is 3.99. The highest BCUT2D eigenvalue weighted by Crippen LogP contribution is 2.20. The summed E-state index contributed by atoms with van der Waals surface area (Å²) < 4.78 is 0. The van der Waals surface area contributed by atoms with Crippen molar-refractivity contribution in [2.75, 3.05) is 18.0 Å². The van der Waals surface area contributed by atoms with E-state index in [2.05, 4.69) is 14.9 Å². The van der Waals surface area contributed by atoms with E-state index in [1.165, 1.54) is 0 Å². The van der Waals surface area contributed by atoms with Gasteiger partial charge in [-0.15, -0.1) is 0 Å². The molecule has 4 nitrogen and oxygen atoms in total. The summed E-state index contributed by atoms with van der Waals surface area (Å²) in [6.07, 6.45) is 5.65. The fourth-order valence-electron chi connectivity index (χ4n) is 1.97. The Morgan fingerprint density at radius 1 is 1.33 bits per heavy atom. The molecule has 0 atom stereocenters. The highest BCUT2D eigenvalue weighted by atomic mass is 15.2. The Bertz CT molecular complexity index is 328. The van der Waals surface area contributed by atoms with Gasteiger partial charge in [0.05, 0.1) is 0 Å². The predicted molar refractivity (Wildman–Crippen MR) is 60.4 cm³/mol. The summed E-state index contributed by atoms with van der Waals surface area (Å²) in [5.74, 6) is 1.28. The number of anilines is 1. The third-order valence-electron chi connectivity index (χ3n) is 2.94. The van der Waals surface area contributed by atoms with Gasteiger partial charge in [0.1, 0.15) is 0 Å². The van der Waals surface area contributed by atoms with Gasteiger partial charge >= 0.3 is 0 Å². The van der Waals surface area contributed by atoms with Gasteiger partial charge in [-0.3, -0.25) is 0 Å². The van der Waals surface area contributed by atoms with Crippen LogP contribution in [-0.4, -0.2) is 28.8 Å². The molecule has 80 valence electrons. The van der Waals surface area contributed by atoms with E-state index in [0.717, 1.165) is 37.6 Å². The fourth-order valence-corrected chi connectivity index (χ4v) is 1.97. The quantitative estimate of drug-likeness (QED) is 0.746. The molecule has 1 aliphatic rings. The molecule has 1 N–H and O–H groups in total. The molecule has 1 aromatic heterocycles. The number of aromatic nitrogens is 2. The Hall–Kier alpha value is -1.45. The average molecular weight is 204 g/mol. The van der Waals surface area contributed by atoms with Crippen LogP contribution < -0.4 is 4.90 Å². The number of rotatable bonds is 2. The van der Waals surface area contributed by atoms with Crippen molar-refractivity contribution in [3.63, 3.8) is 0 Å². The van der Waals surface area contributed by atoms with Crippen LogP contribution in [-0.2, 0) is 0 Å². The molecule has 4 heteroatoms. The summed E-state index contributed by atoms with van der Waals surface area (Å²) in [5, 5.41) is 7.61. The highest BCUT2D eigenvalue weighted by Gasteiger charge is 2.21. The molecule has 2 heterocycles. The van der Waals surface area contributed by atoms with Crippen molar-refractivity contribution in [1.29, 1.82) is 5.41 Å². The standard InChI is InChI=1S/C11H16N4/c1-9(12)10-3-7-15(8-4-10)11-13-5-2-6-14-11/h2,5-6,10,12H,3-4,7-8H2,1H3. The zero-order valence-corrected chi connectivity index (χ0v) is 8.98. The van der Waals surface area contributed by atoms with Gasteiger partial charge in [-0.25, -0.2) is 9.97 Å². The smallest absolute Gasteiger partial charge is 0.225 e. The van der Waals surface area contributed by atoms with Crippen molar-refractivity contribution >= 4 is 11.7 Å². The van der Waals surface area contributed by atoms with E-state index in [4.69, 9.17) is 5.41 Å². The molecule has 0 radical (unpaired) electrons. The molecule has 15 heavy (non-hydrogen) atoms. The molecule has 0 spiro atoms. The third-order valence-corrected chi connectivity index (χ3v) is 2.94. The molecule has 2 rings (SSSR count). The molecule has 1 aromatic rings. The van der Waals surface area contributed by atoms with Crippen LogP contribution in [0.15, 0.2) is 18.5 Å². The second kappa shape index (κ2) is 4.38. The number of nitrogens with one attached hydrogen (secondary N) is 1. The van der Waals surface area contributed by atoms with Crippen LogP contribution in [0.25, 0.3) is 0 Å². The van der Waals surface area contributed by atoms with Gasteiger partial charge < -0.3 is 10.3 Å². The van der Waals surface area contributed by atoms with Crippen LogP contribution in [0.5, 0.6) is 0 Å². The lowest BCUT2D eigenvalue weighted by Crippen LogP contribution is -2.36. The molecule has 0 unspecified atom stereocenters. The summed E-state index contributed by atoms with van der Waals surface area (Å²) in [5.41, 5.74) is 0.809. The molecule has 0 saturated carbocycles. The van der Waals surface area contributed by atoms with E-state index in [1.807, 2.05) is 13.0 Å². The maximum atomic E-state index is 7.61. The van der Waals surface area contributed by atoms with Crippen LogP contribution >= 0.6 is 0 Å². The van der Waals surface area contributed by atoms with Gasteiger partial charge in [0, 0.05) is 31.2 Å². The maximum Gasteiger partial charge on any atom is 0.225 e. The Labute approximate surface area is 89.9 Å². The Morgan fingerprint density at radius 2 is 1.93 bits per heavy atom. The van der Waals surface area contributed by atoms with Crippen LogP contribution in [0.1, 0.15) is 19.8 Å². The SMILES string of the molecule is CC(=N)C1CCN(c2ncccn2)CC1. The molecule has 0 amide bonds. The number of hydrogen-bond acceptors (Lipinski definition) is 4. The minimum absolute atomic E-state index is 0.463. The fraction of sp³-hybridized carbons (Fsp3) is 0.545. The predicted octanol–water partition coefficient (Wildman–Crippen LogP) is 1.73. The van der Waals surface area contributed by atoms with E-state index >= 15 is 0 Å². The van der Waals surface area contributed by atoms with Gasteiger partial charge in [0.25, 0.3) is 0 Å². The Morgan fingerprint density at radius 3 is 2.47 bits per heavy atom. The molecule has 1 fully saturated rings. The summed E-state index contributed by atoms with van der Waals surface area (Å²) in [6, 6.07) is 1.83. The van der Waals surface area contributed by atoms with E-state index < -0.39 is 0 Å². The lowest BCUT2D eigenvalue weighted by molar-refractivity contribution is 0.493. The first-order valence-corrected chi connectivity index (χ1v) is 5.34. The number of hydrogen-bond donors (Lipinski definition) is 1. The van der Waals surface area contributed by atoms with Crippen LogP contribution in [0, 0.1) is 11.3 Å². The van der Waals surface area contributed by atoms with Gasteiger partial charge in [-0.2, -0.15) is 0 Å². The van der Waals surface area contributed by atoms with Crippen molar-refractivity contribution in [3.8, 4) is 0 Å². The van der Waals surface area contributed by atoms with Crippen molar-refractivity contribution < 1.29 is 0 Å². The van der Waals surface area contributed by atoms with E-state index in [0.29, 0.717) is 5.92 Å². The summed E-state index contributed by atoms with van der Waals surface area (Å²) in [6.45, 7) is 3.83. The van der Waals surface area contributed by atoms with Gasteiger partial charge in [0.2, 0.25) is 5.95 Å². The van der Waals surface area contributed by atoms with Gasteiger partial charge in [0.15, 0.2) is 0 Å². The number of nitrogens with zero attached hydrogens (tertiary/aromatic N) is 3. The average Bonchev–Trinajstić information content (AvgIpc) is 2.30. The van der Waals surface area contributed by atoms with Gasteiger partial charge in [-0.1, -0.05) is 0 Å². The minimum atomic E-state index is 0.463. The molecular weight excluding hydrogens is 188 g/mol. The zero-order chi connectivity index (χ0) is 10.7. The van der Waals surface area contributed by atoms with Crippen LogP contribution in [0.4, 0.5) is 5.95 Å².